The molecule has 1 N–H and O–H groups in total. The molecule has 7 nitrogen and oxygen atoms in total. The first-order chi connectivity index (χ1) is 26.1. The minimum atomic E-state index is -0.597. The van der Waals surface area contributed by atoms with E-state index >= 15 is 0 Å². The van der Waals surface area contributed by atoms with E-state index in [2.05, 4.69) is 137 Å². The van der Waals surface area contributed by atoms with Crippen LogP contribution in [0.1, 0.15) is 64.0 Å². The SMILES string of the molecule is CC1C=CC(c2nc(-c3ccccc3)nc(-c3cc(B4OC(C)(C)C(C)(C)O4)cc(-c4ccc5ccc6c(c5n4)NC(c4ccccc4)C=C6)c3)n2)=CC1. The summed E-state index contributed by atoms with van der Waals surface area (Å²) in [6, 6.07) is 35.5. The largest absolute Gasteiger partial charge is 0.494 e. The summed E-state index contributed by atoms with van der Waals surface area (Å²) >= 11 is 0. The molecular formula is C46H42BN5O2. The molecule has 4 aromatic carbocycles. The molecule has 0 bridgehead atoms. The third-order valence-corrected chi connectivity index (χ3v) is 11.1. The molecule has 1 aliphatic carbocycles. The molecule has 6 aromatic rings. The maximum atomic E-state index is 6.62. The number of hydrogen-bond acceptors (Lipinski definition) is 7. The van der Waals surface area contributed by atoms with Crippen molar-refractivity contribution in [1.29, 1.82) is 0 Å². The Morgan fingerprint density at radius 2 is 1.33 bits per heavy atom. The Morgan fingerprint density at radius 1 is 0.667 bits per heavy atom. The van der Waals surface area contributed by atoms with Gasteiger partial charge in [-0.3, -0.25) is 0 Å². The van der Waals surface area contributed by atoms with E-state index in [0.29, 0.717) is 23.4 Å². The monoisotopic (exact) mass is 707 g/mol. The normalized spacial score (nSPS) is 19.7. The summed E-state index contributed by atoms with van der Waals surface area (Å²) in [5.74, 6) is 2.31. The predicted octanol–water partition coefficient (Wildman–Crippen LogP) is 9.88. The van der Waals surface area contributed by atoms with Crippen LogP contribution in [0.4, 0.5) is 5.69 Å². The Balaban J connectivity index is 1.20. The van der Waals surface area contributed by atoms with Gasteiger partial charge in [-0.2, -0.15) is 0 Å². The van der Waals surface area contributed by atoms with Gasteiger partial charge >= 0.3 is 7.12 Å². The van der Waals surface area contributed by atoms with Crippen LogP contribution in [0.2, 0.25) is 0 Å². The van der Waals surface area contributed by atoms with Crippen molar-refractivity contribution in [3.63, 3.8) is 0 Å². The van der Waals surface area contributed by atoms with E-state index in [-0.39, 0.29) is 6.04 Å². The number of allylic oxidation sites excluding steroid dienone is 4. The fourth-order valence-electron chi connectivity index (χ4n) is 7.20. The maximum Gasteiger partial charge on any atom is 0.494 e. The lowest BCUT2D eigenvalue weighted by molar-refractivity contribution is 0.00578. The van der Waals surface area contributed by atoms with Gasteiger partial charge in [0.2, 0.25) is 0 Å². The summed E-state index contributed by atoms with van der Waals surface area (Å²) in [5.41, 5.74) is 8.58. The number of nitrogens with zero attached hydrogens (tertiary/aromatic N) is 4. The Hall–Kier alpha value is -5.70. The van der Waals surface area contributed by atoms with Crippen molar-refractivity contribution >= 4 is 40.8 Å². The highest BCUT2D eigenvalue weighted by Crippen LogP contribution is 2.39. The molecule has 2 aromatic heterocycles. The van der Waals surface area contributed by atoms with Gasteiger partial charge in [0.25, 0.3) is 0 Å². The van der Waals surface area contributed by atoms with E-state index in [1.165, 1.54) is 5.56 Å². The predicted molar refractivity (Wildman–Crippen MR) is 220 cm³/mol. The zero-order valence-electron chi connectivity index (χ0n) is 31.2. The molecule has 0 amide bonds. The van der Waals surface area contributed by atoms with Crippen LogP contribution in [0.3, 0.4) is 0 Å². The number of anilines is 1. The average Bonchev–Trinajstić information content (AvgIpc) is 3.43. The Morgan fingerprint density at radius 3 is 2.06 bits per heavy atom. The number of pyridine rings is 1. The van der Waals surface area contributed by atoms with E-state index in [1.54, 1.807) is 0 Å². The second-order valence-corrected chi connectivity index (χ2v) is 15.5. The number of rotatable bonds is 6. The highest BCUT2D eigenvalue weighted by molar-refractivity contribution is 6.62. The van der Waals surface area contributed by atoms with Crippen LogP contribution in [-0.4, -0.2) is 38.3 Å². The van der Waals surface area contributed by atoms with Crippen molar-refractivity contribution in [3.05, 3.63) is 144 Å². The molecule has 0 spiro atoms. The van der Waals surface area contributed by atoms with Crippen LogP contribution in [0.25, 0.3) is 56.6 Å². The first kappa shape index (κ1) is 34.1. The molecule has 2 unspecified atom stereocenters. The number of hydrogen-bond donors (Lipinski definition) is 1. The van der Waals surface area contributed by atoms with E-state index in [4.69, 9.17) is 29.2 Å². The maximum absolute atomic E-state index is 6.62. The lowest BCUT2D eigenvalue weighted by atomic mass is 9.77. The van der Waals surface area contributed by atoms with Crippen molar-refractivity contribution in [3.8, 4) is 34.0 Å². The van der Waals surface area contributed by atoms with Gasteiger partial charge in [0.05, 0.1) is 34.1 Å². The van der Waals surface area contributed by atoms with Crippen molar-refractivity contribution in [2.24, 2.45) is 5.92 Å². The van der Waals surface area contributed by atoms with E-state index in [0.717, 1.165) is 62.0 Å². The minimum absolute atomic E-state index is 0.0437. The van der Waals surface area contributed by atoms with Crippen molar-refractivity contribution < 1.29 is 9.31 Å². The molecular weight excluding hydrogens is 665 g/mol. The quantitative estimate of drug-likeness (QED) is 0.173. The zero-order valence-corrected chi connectivity index (χ0v) is 31.2. The fraction of sp³-hybridized carbons (Fsp3) is 0.217. The first-order valence-electron chi connectivity index (χ1n) is 18.8. The minimum Gasteiger partial charge on any atom is -0.399 e. The second kappa shape index (κ2) is 13.3. The van der Waals surface area contributed by atoms with Gasteiger partial charge in [-0.05, 0) is 68.8 Å². The van der Waals surface area contributed by atoms with E-state index in [1.807, 2.05) is 36.4 Å². The smallest absolute Gasteiger partial charge is 0.399 e. The van der Waals surface area contributed by atoms with Gasteiger partial charge in [0, 0.05) is 27.6 Å². The molecule has 266 valence electrons. The summed E-state index contributed by atoms with van der Waals surface area (Å²) in [7, 11) is -0.597. The number of benzene rings is 4. The molecule has 0 radical (unpaired) electrons. The third kappa shape index (κ3) is 6.35. The summed E-state index contributed by atoms with van der Waals surface area (Å²) in [6.07, 6.45) is 11.9. The highest BCUT2D eigenvalue weighted by atomic mass is 16.7. The molecule has 4 heterocycles. The van der Waals surface area contributed by atoms with Crippen LogP contribution >= 0.6 is 0 Å². The van der Waals surface area contributed by atoms with E-state index < -0.39 is 18.3 Å². The van der Waals surface area contributed by atoms with Gasteiger partial charge in [0.15, 0.2) is 17.5 Å². The van der Waals surface area contributed by atoms with Crippen LogP contribution in [0, 0.1) is 5.92 Å². The topological polar surface area (TPSA) is 82.1 Å². The van der Waals surface area contributed by atoms with Crippen LogP contribution in [0.15, 0.2) is 127 Å². The van der Waals surface area contributed by atoms with Gasteiger partial charge in [0.1, 0.15) is 0 Å². The van der Waals surface area contributed by atoms with Gasteiger partial charge in [-0.1, -0.05) is 128 Å². The van der Waals surface area contributed by atoms with Crippen LogP contribution < -0.4 is 10.8 Å². The molecule has 2 atom stereocenters. The number of nitrogens with one attached hydrogen (secondary N) is 1. The van der Waals surface area contributed by atoms with Gasteiger partial charge in [-0.25, -0.2) is 19.9 Å². The molecule has 3 aliphatic rings. The summed E-state index contributed by atoms with van der Waals surface area (Å²) in [6.45, 7) is 10.5. The Bertz CT molecular complexity index is 2480. The fourth-order valence-corrected chi connectivity index (χ4v) is 7.20. The molecule has 0 saturated carbocycles. The van der Waals surface area contributed by atoms with Crippen LogP contribution in [-0.2, 0) is 9.31 Å². The average molecular weight is 708 g/mol. The summed E-state index contributed by atoms with van der Waals surface area (Å²) in [4.78, 5) is 20.6. The Kier molecular flexibility index (Phi) is 8.40. The highest BCUT2D eigenvalue weighted by Gasteiger charge is 2.52. The molecule has 2 aliphatic heterocycles. The lowest BCUT2D eigenvalue weighted by Crippen LogP contribution is -2.41. The second-order valence-electron chi connectivity index (χ2n) is 15.5. The Labute approximate surface area is 317 Å². The van der Waals surface area contributed by atoms with Gasteiger partial charge in [-0.15, -0.1) is 0 Å². The number of fused-ring (bicyclic) bond motifs is 3. The molecule has 9 rings (SSSR count). The molecule has 8 heteroatoms. The standard InChI is InChI=1S/C46H42BN5O2/c1-29-16-18-34(19-17-29)43-50-42(33-14-10-7-11-15-33)51-44(52-43)36-26-35(27-37(28-36)47-53-45(2,3)46(4,5)54-47)39-25-23-32-21-20-31-22-24-38(30-12-8-6-9-13-30)48-40(31)41(32)49-39/h6-16,18-29,38,48H,17H2,1-5H3. The van der Waals surface area contributed by atoms with E-state index in [9.17, 15) is 0 Å². The molecule has 1 fully saturated rings. The van der Waals surface area contributed by atoms with Gasteiger partial charge < -0.3 is 14.6 Å². The summed E-state index contributed by atoms with van der Waals surface area (Å²) in [5, 5.41) is 4.84. The van der Waals surface area contributed by atoms with Crippen LogP contribution in [0.5, 0.6) is 0 Å². The molecule has 1 saturated heterocycles. The van der Waals surface area contributed by atoms with Crippen molar-refractivity contribution in [1.82, 2.24) is 19.9 Å². The first-order valence-corrected chi connectivity index (χ1v) is 18.8. The lowest BCUT2D eigenvalue weighted by Gasteiger charge is -2.32. The number of aromatic nitrogens is 4. The van der Waals surface area contributed by atoms with Crippen molar-refractivity contribution in [2.75, 3.05) is 5.32 Å². The third-order valence-electron chi connectivity index (χ3n) is 11.1. The zero-order chi connectivity index (χ0) is 37.0. The van der Waals surface area contributed by atoms with Crippen molar-refractivity contribution in [2.45, 2.75) is 58.3 Å². The summed E-state index contributed by atoms with van der Waals surface area (Å²) < 4.78 is 13.2. The molecule has 54 heavy (non-hydrogen) atoms.